The average Bonchev–Trinajstić information content (AvgIpc) is 2.72. The summed E-state index contributed by atoms with van der Waals surface area (Å²) in [4.78, 5) is 0.145. The van der Waals surface area contributed by atoms with E-state index in [1.807, 2.05) is 6.92 Å². The van der Waals surface area contributed by atoms with Gasteiger partial charge in [0.2, 0.25) is 0 Å². The zero-order valence-corrected chi connectivity index (χ0v) is 13.5. The van der Waals surface area contributed by atoms with Crippen LogP contribution in [0.1, 0.15) is 42.9 Å². The third-order valence-corrected chi connectivity index (χ3v) is 5.47. The van der Waals surface area contributed by atoms with E-state index in [1.165, 1.54) is 0 Å². The number of halogens is 1. The van der Waals surface area contributed by atoms with Gasteiger partial charge in [-0.1, -0.05) is 24.3 Å². The summed E-state index contributed by atoms with van der Waals surface area (Å²) < 4.78 is 43.6. The molecule has 5 heteroatoms. The lowest BCUT2D eigenvalue weighted by atomic mass is 10.0. The van der Waals surface area contributed by atoms with Crippen LogP contribution in [0.15, 0.2) is 23.6 Å². The van der Waals surface area contributed by atoms with Crippen LogP contribution in [0.5, 0.6) is 0 Å². The van der Waals surface area contributed by atoms with E-state index < -0.39 is 22.4 Å². The van der Waals surface area contributed by atoms with Gasteiger partial charge in [0.25, 0.3) is 10.1 Å². The molecule has 1 aliphatic rings. The molecule has 21 heavy (non-hydrogen) atoms. The minimum Gasteiger partial charge on any atom is -0.260 e. The van der Waals surface area contributed by atoms with Crippen LogP contribution in [0, 0.1) is 13.8 Å². The first-order valence-corrected chi connectivity index (χ1v) is 8.47. The average molecular weight is 312 g/mol. The Morgan fingerprint density at radius 3 is 2.29 bits per heavy atom. The van der Waals surface area contributed by atoms with E-state index in [0.717, 1.165) is 11.1 Å². The number of hydrogen-bond acceptors (Lipinski definition) is 3. The summed E-state index contributed by atoms with van der Waals surface area (Å²) in [5, 5.41) is 0. The molecule has 1 aromatic carbocycles. The highest BCUT2D eigenvalue weighted by atomic mass is 32.2. The Kier molecular flexibility index (Phi) is 4.54. The van der Waals surface area contributed by atoms with Crippen molar-refractivity contribution in [2.24, 2.45) is 0 Å². The summed E-state index contributed by atoms with van der Waals surface area (Å²) in [5.74, 6) is 0. The third-order valence-electron chi connectivity index (χ3n) is 3.83. The molecule has 0 saturated heterocycles. The van der Waals surface area contributed by atoms with Gasteiger partial charge in [-0.2, -0.15) is 8.42 Å². The van der Waals surface area contributed by atoms with Gasteiger partial charge >= 0.3 is 0 Å². The quantitative estimate of drug-likeness (QED) is 0.791. The minimum absolute atomic E-state index is 0.145. The first-order chi connectivity index (χ1) is 9.72. The number of alkyl halides is 1. The molecule has 0 aromatic heterocycles. The standard InChI is InChI=1S/C16H21FO3S/c1-10(2)13-8-11(3)16(12(4)9-13)21(18,19)20-15-7-5-6-14(15)17/h8-9,14-15H,1,5-7H2,2-4H3/t14-,15-/m0/s1. The Bertz CT molecular complexity index is 641. The highest BCUT2D eigenvalue weighted by Gasteiger charge is 2.34. The minimum atomic E-state index is -3.95. The number of rotatable bonds is 4. The molecule has 1 aliphatic carbocycles. The topological polar surface area (TPSA) is 43.4 Å². The fraction of sp³-hybridized carbons (Fsp3) is 0.500. The molecule has 0 unspecified atom stereocenters. The Balaban J connectivity index is 2.38. The van der Waals surface area contributed by atoms with Crippen LogP contribution in [0.3, 0.4) is 0 Å². The molecule has 1 fully saturated rings. The van der Waals surface area contributed by atoms with Crippen LogP contribution in [0.4, 0.5) is 4.39 Å². The highest BCUT2D eigenvalue weighted by Crippen LogP contribution is 2.31. The molecule has 0 bridgehead atoms. The van der Waals surface area contributed by atoms with Crippen LogP contribution >= 0.6 is 0 Å². The molecule has 2 rings (SSSR count). The number of hydrogen-bond donors (Lipinski definition) is 0. The van der Waals surface area contributed by atoms with Gasteiger partial charge < -0.3 is 0 Å². The van der Waals surface area contributed by atoms with Crippen molar-refractivity contribution in [1.82, 2.24) is 0 Å². The molecule has 0 heterocycles. The lowest BCUT2D eigenvalue weighted by Crippen LogP contribution is -2.24. The van der Waals surface area contributed by atoms with E-state index in [0.29, 0.717) is 30.4 Å². The monoisotopic (exact) mass is 312 g/mol. The smallest absolute Gasteiger partial charge is 0.260 e. The van der Waals surface area contributed by atoms with E-state index in [2.05, 4.69) is 6.58 Å². The van der Waals surface area contributed by atoms with Crippen LogP contribution in [0.2, 0.25) is 0 Å². The highest BCUT2D eigenvalue weighted by molar-refractivity contribution is 7.86. The predicted octanol–water partition coefficient (Wildman–Crippen LogP) is 3.93. The molecule has 0 radical (unpaired) electrons. The second-order valence-corrected chi connectivity index (χ2v) is 7.26. The van der Waals surface area contributed by atoms with Crippen molar-refractivity contribution in [2.45, 2.75) is 57.2 Å². The van der Waals surface area contributed by atoms with Crippen molar-refractivity contribution in [1.29, 1.82) is 0 Å². The van der Waals surface area contributed by atoms with Gasteiger partial charge in [-0.05, 0) is 56.7 Å². The lowest BCUT2D eigenvalue weighted by molar-refractivity contribution is 0.131. The largest absolute Gasteiger partial charge is 0.297 e. The van der Waals surface area contributed by atoms with Crippen LogP contribution in [0.25, 0.3) is 5.57 Å². The molecular formula is C16H21FO3S. The van der Waals surface area contributed by atoms with Gasteiger partial charge in [0.05, 0.1) is 4.90 Å². The Morgan fingerprint density at radius 2 is 1.86 bits per heavy atom. The van der Waals surface area contributed by atoms with Gasteiger partial charge in [-0.15, -0.1) is 0 Å². The van der Waals surface area contributed by atoms with Crippen LogP contribution < -0.4 is 0 Å². The van der Waals surface area contributed by atoms with E-state index in [1.54, 1.807) is 26.0 Å². The van der Waals surface area contributed by atoms with E-state index in [4.69, 9.17) is 4.18 Å². The van der Waals surface area contributed by atoms with Crippen molar-refractivity contribution in [3.05, 3.63) is 35.4 Å². The molecule has 0 spiro atoms. The van der Waals surface area contributed by atoms with Crippen molar-refractivity contribution in [3.63, 3.8) is 0 Å². The molecule has 3 nitrogen and oxygen atoms in total. The van der Waals surface area contributed by atoms with Gasteiger partial charge in [0.1, 0.15) is 12.3 Å². The molecule has 1 saturated carbocycles. The molecule has 116 valence electrons. The zero-order valence-electron chi connectivity index (χ0n) is 12.6. The summed E-state index contributed by atoms with van der Waals surface area (Å²) in [6.45, 7) is 9.17. The number of benzene rings is 1. The number of allylic oxidation sites excluding steroid dienone is 1. The predicted molar refractivity (Wildman–Crippen MR) is 81.4 cm³/mol. The van der Waals surface area contributed by atoms with E-state index in [-0.39, 0.29) is 4.90 Å². The van der Waals surface area contributed by atoms with Crippen molar-refractivity contribution >= 4 is 15.7 Å². The van der Waals surface area contributed by atoms with Gasteiger partial charge in [0.15, 0.2) is 0 Å². The Labute approximate surface area is 125 Å². The maximum absolute atomic E-state index is 13.6. The molecular weight excluding hydrogens is 291 g/mol. The van der Waals surface area contributed by atoms with E-state index in [9.17, 15) is 12.8 Å². The Morgan fingerprint density at radius 1 is 1.29 bits per heavy atom. The maximum Gasteiger partial charge on any atom is 0.297 e. The van der Waals surface area contributed by atoms with Gasteiger partial charge in [0, 0.05) is 0 Å². The SMILES string of the molecule is C=C(C)c1cc(C)c(S(=O)(=O)O[C@H]2CCC[C@@H]2F)c(C)c1. The molecule has 2 atom stereocenters. The fourth-order valence-electron chi connectivity index (χ4n) is 2.79. The third kappa shape index (κ3) is 3.35. The number of aryl methyl sites for hydroxylation is 2. The van der Waals surface area contributed by atoms with Gasteiger partial charge in [-0.3, -0.25) is 4.18 Å². The van der Waals surface area contributed by atoms with E-state index >= 15 is 0 Å². The molecule has 0 amide bonds. The summed E-state index contributed by atoms with van der Waals surface area (Å²) in [6, 6.07) is 3.54. The Hall–Kier alpha value is -1.20. The summed E-state index contributed by atoms with van der Waals surface area (Å²) in [6.07, 6.45) is -0.576. The van der Waals surface area contributed by atoms with Crippen LogP contribution in [-0.4, -0.2) is 20.7 Å². The summed E-state index contributed by atoms with van der Waals surface area (Å²) in [5.41, 5.74) is 2.96. The first-order valence-electron chi connectivity index (χ1n) is 7.07. The van der Waals surface area contributed by atoms with Crippen molar-refractivity contribution in [2.75, 3.05) is 0 Å². The zero-order chi connectivity index (χ0) is 15.8. The molecule has 0 aliphatic heterocycles. The van der Waals surface area contributed by atoms with Crippen molar-refractivity contribution in [3.8, 4) is 0 Å². The second kappa shape index (κ2) is 5.89. The first kappa shape index (κ1) is 16.2. The molecule has 1 aromatic rings. The maximum atomic E-state index is 13.6. The second-order valence-electron chi connectivity index (χ2n) is 5.76. The fourth-order valence-corrected chi connectivity index (χ4v) is 4.34. The normalized spacial score (nSPS) is 22.5. The molecule has 0 N–H and O–H groups in total. The lowest BCUT2D eigenvalue weighted by Gasteiger charge is -2.17. The summed E-state index contributed by atoms with van der Waals surface area (Å²) >= 11 is 0. The van der Waals surface area contributed by atoms with Crippen molar-refractivity contribution < 1.29 is 17.0 Å². The van der Waals surface area contributed by atoms with Gasteiger partial charge in [-0.25, -0.2) is 4.39 Å². The summed E-state index contributed by atoms with van der Waals surface area (Å²) in [7, 11) is -3.95. The van der Waals surface area contributed by atoms with Crippen LogP contribution in [-0.2, 0) is 14.3 Å².